The Morgan fingerprint density at radius 3 is 2.94 bits per heavy atom. The van der Waals surface area contributed by atoms with E-state index < -0.39 is 0 Å². The summed E-state index contributed by atoms with van der Waals surface area (Å²) in [6.45, 7) is 0. The molecule has 16 heavy (non-hydrogen) atoms. The molecule has 0 saturated carbocycles. The van der Waals surface area contributed by atoms with E-state index in [9.17, 15) is 4.79 Å². The van der Waals surface area contributed by atoms with Gasteiger partial charge in [0.25, 0.3) is 0 Å². The van der Waals surface area contributed by atoms with Crippen molar-refractivity contribution >= 4 is 17.9 Å². The average molecular weight is 237 g/mol. The molecule has 1 heterocycles. The molecule has 0 unspecified atom stereocenters. The van der Waals surface area contributed by atoms with Gasteiger partial charge in [-0.05, 0) is 18.2 Å². The van der Waals surface area contributed by atoms with Crippen LogP contribution in [0.5, 0.6) is 5.75 Å². The van der Waals surface area contributed by atoms with Crippen LogP contribution >= 0.6 is 11.6 Å². The summed E-state index contributed by atoms with van der Waals surface area (Å²) in [6.07, 6.45) is 4.01. The quantitative estimate of drug-likeness (QED) is 0.769. The fourth-order valence-corrected chi connectivity index (χ4v) is 1.55. The molecule has 0 fully saturated rings. The molecule has 0 bridgehead atoms. The van der Waals surface area contributed by atoms with Crippen LogP contribution in [0.15, 0.2) is 30.6 Å². The summed E-state index contributed by atoms with van der Waals surface area (Å²) in [5, 5.41) is 4.60. The summed E-state index contributed by atoms with van der Waals surface area (Å²) in [6, 6.07) is 5.04. The van der Waals surface area contributed by atoms with Gasteiger partial charge in [-0.1, -0.05) is 11.6 Å². The standard InChI is InChI=1S/C11H9ClN2O2/c1-16-10-5-13-14(6-10)11-3-2-9(12)4-8(11)7-15/h2-7H,1H3. The lowest BCUT2D eigenvalue weighted by Crippen LogP contribution is -1.99. The fraction of sp³-hybridized carbons (Fsp3) is 0.0909. The Kier molecular flexibility index (Phi) is 2.92. The number of benzene rings is 1. The Labute approximate surface area is 97.4 Å². The first-order chi connectivity index (χ1) is 7.74. The van der Waals surface area contributed by atoms with Crippen LogP contribution in [0.1, 0.15) is 10.4 Å². The Balaban J connectivity index is 2.50. The second kappa shape index (κ2) is 4.37. The summed E-state index contributed by atoms with van der Waals surface area (Å²) in [5.41, 5.74) is 1.15. The lowest BCUT2D eigenvalue weighted by Gasteiger charge is -2.04. The van der Waals surface area contributed by atoms with E-state index in [0.717, 1.165) is 6.29 Å². The maximum atomic E-state index is 10.9. The van der Waals surface area contributed by atoms with Crippen molar-refractivity contribution < 1.29 is 9.53 Å². The number of carbonyl (C=O) groups is 1. The highest BCUT2D eigenvalue weighted by Gasteiger charge is 2.06. The SMILES string of the molecule is COc1cnn(-c2ccc(Cl)cc2C=O)c1. The zero-order valence-corrected chi connectivity index (χ0v) is 9.31. The van der Waals surface area contributed by atoms with Crippen molar-refractivity contribution in [2.75, 3.05) is 7.11 Å². The molecule has 5 heteroatoms. The Morgan fingerprint density at radius 2 is 2.31 bits per heavy atom. The first kappa shape index (κ1) is 10.7. The van der Waals surface area contributed by atoms with Gasteiger partial charge >= 0.3 is 0 Å². The molecule has 0 aliphatic carbocycles. The van der Waals surface area contributed by atoms with E-state index >= 15 is 0 Å². The number of ether oxygens (including phenoxy) is 1. The maximum Gasteiger partial charge on any atom is 0.157 e. The minimum absolute atomic E-state index is 0.484. The van der Waals surface area contributed by atoms with Crippen LogP contribution in [0.2, 0.25) is 5.02 Å². The van der Waals surface area contributed by atoms with Crippen LogP contribution in [-0.4, -0.2) is 23.2 Å². The van der Waals surface area contributed by atoms with Crippen molar-refractivity contribution in [1.82, 2.24) is 9.78 Å². The highest BCUT2D eigenvalue weighted by atomic mass is 35.5. The number of methoxy groups -OCH3 is 1. The molecule has 2 rings (SSSR count). The van der Waals surface area contributed by atoms with Gasteiger partial charge in [0.2, 0.25) is 0 Å². The fourth-order valence-electron chi connectivity index (χ4n) is 1.37. The van der Waals surface area contributed by atoms with Crippen LogP contribution in [0.25, 0.3) is 5.69 Å². The Morgan fingerprint density at radius 1 is 1.50 bits per heavy atom. The lowest BCUT2D eigenvalue weighted by atomic mass is 10.2. The van der Waals surface area contributed by atoms with Crippen molar-refractivity contribution in [3.05, 3.63) is 41.2 Å². The topological polar surface area (TPSA) is 44.1 Å². The number of hydrogen-bond acceptors (Lipinski definition) is 3. The van der Waals surface area contributed by atoms with Gasteiger partial charge in [-0.25, -0.2) is 4.68 Å². The number of aldehydes is 1. The second-order valence-corrected chi connectivity index (χ2v) is 3.58. The smallest absolute Gasteiger partial charge is 0.157 e. The molecule has 1 aromatic heterocycles. The maximum absolute atomic E-state index is 10.9. The molecule has 0 aliphatic heterocycles. The monoisotopic (exact) mass is 236 g/mol. The largest absolute Gasteiger partial charge is 0.493 e. The predicted molar refractivity (Wildman–Crippen MR) is 60.5 cm³/mol. The molecule has 4 nitrogen and oxygen atoms in total. The van der Waals surface area contributed by atoms with Gasteiger partial charge in [-0.2, -0.15) is 5.10 Å². The average Bonchev–Trinajstić information content (AvgIpc) is 2.77. The van der Waals surface area contributed by atoms with Crippen LogP contribution < -0.4 is 4.74 Å². The van der Waals surface area contributed by atoms with Crippen molar-refractivity contribution in [2.45, 2.75) is 0 Å². The number of hydrogen-bond donors (Lipinski definition) is 0. The van der Waals surface area contributed by atoms with Gasteiger partial charge in [0, 0.05) is 10.6 Å². The summed E-state index contributed by atoms with van der Waals surface area (Å²) in [4.78, 5) is 10.9. The van der Waals surface area contributed by atoms with Gasteiger partial charge in [0.05, 0.1) is 25.2 Å². The minimum atomic E-state index is 0.484. The third-order valence-corrected chi connectivity index (χ3v) is 2.39. The molecule has 0 saturated heterocycles. The molecule has 1 aromatic carbocycles. The highest BCUT2D eigenvalue weighted by Crippen LogP contribution is 2.19. The summed E-state index contributed by atoms with van der Waals surface area (Å²) >= 11 is 5.80. The molecule has 0 atom stereocenters. The van der Waals surface area contributed by atoms with Gasteiger partial charge in [0.15, 0.2) is 12.0 Å². The van der Waals surface area contributed by atoms with E-state index in [2.05, 4.69) is 5.10 Å². The van der Waals surface area contributed by atoms with Crippen LogP contribution in [0, 0.1) is 0 Å². The van der Waals surface area contributed by atoms with Gasteiger partial charge in [0.1, 0.15) is 0 Å². The zero-order chi connectivity index (χ0) is 11.5. The van der Waals surface area contributed by atoms with Crippen molar-refractivity contribution in [2.24, 2.45) is 0 Å². The second-order valence-electron chi connectivity index (χ2n) is 3.15. The summed E-state index contributed by atoms with van der Waals surface area (Å²) in [5.74, 6) is 0.631. The highest BCUT2D eigenvalue weighted by molar-refractivity contribution is 6.30. The number of aromatic nitrogens is 2. The minimum Gasteiger partial charge on any atom is -0.493 e. The normalized spacial score (nSPS) is 10.1. The number of halogens is 1. The Bertz CT molecular complexity index is 522. The van der Waals surface area contributed by atoms with E-state index in [1.807, 2.05) is 0 Å². The van der Waals surface area contributed by atoms with Crippen LogP contribution in [0.3, 0.4) is 0 Å². The van der Waals surface area contributed by atoms with E-state index in [4.69, 9.17) is 16.3 Å². The molecular formula is C11H9ClN2O2. The molecule has 2 aromatic rings. The van der Waals surface area contributed by atoms with Gasteiger partial charge in [-0.3, -0.25) is 4.79 Å². The summed E-state index contributed by atoms with van der Waals surface area (Å²) in [7, 11) is 1.56. The Hall–Kier alpha value is -1.81. The molecular weight excluding hydrogens is 228 g/mol. The number of nitrogens with zero attached hydrogens (tertiary/aromatic N) is 2. The third-order valence-electron chi connectivity index (χ3n) is 2.16. The van der Waals surface area contributed by atoms with Crippen molar-refractivity contribution in [3.8, 4) is 11.4 Å². The predicted octanol–water partition coefficient (Wildman–Crippen LogP) is 2.35. The first-order valence-corrected chi connectivity index (χ1v) is 4.96. The van der Waals surface area contributed by atoms with E-state index in [1.54, 1.807) is 42.4 Å². The lowest BCUT2D eigenvalue weighted by molar-refractivity contribution is 0.112. The van der Waals surface area contributed by atoms with E-state index in [-0.39, 0.29) is 0 Å². The molecule has 0 radical (unpaired) electrons. The van der Waals surface area contributed by atoms with E-state index in [1.165, 1.54) is 0 Å². The van der Waals surface area contributed by atoms with Gasteiger partial charge < -0.3 is 4.74 Å². The molecule has 82 valence electrons. The first-order valence-electron chi connectivity index (χ1n) is 4.58. The number of rotatable bonds is 3. The van der Waals surface area contributed by atoms with Crippen LogP contribution in [-0.2, 0) is 0 Å². The summed E-state index contributed by atoms with van der Waals surface area (Å²) < 4.78 is 6.58. The molecule has 0 spiro atoms. The molecule has 0 N–H and O–H groups in total. The third kappa shape index (κ3) is 1.92. The van der Waals surface area contributed by atoms with Gasteiger partial charge in [-0.15, -0.1) is 0 Å². The molecule has 0 amide bonds. The van der Waals surface area contributed by atoms with Crippen molar-refractivity contribution in [1.29, 1.82) is 0 Å². The van der Waals surface area contributed by atoms with Crippen LogP contribution in [0.4, 0.5) is 0 Å². The number of carbonyl (C=O) groups excluding carboxylic acids is 1. The van der Waals surface area contributed by atoms with Crippen molar-refractivity contribution in [3.63, 3.8) is 0 Å². The zero-order valence-electron chi connectivity index (χ0n) is 8.55. The van der Waals surface area contributed by atoms with E-state index in [0.29, 0.717) is 22.0 Å². The molecule has 0 aliphatic rings.